The van der Waals surface area contributed by atoms with Crippen LogP contribution in [0.4, 0.5) is 0 Å². The van der Waals surface area contributed by atoms with Crippen molar-refractivity contribution < 1.29 is 0 Å². The zero-order valence-corrected chi connectivity index (χ0v) is 8.92. The Balaban J connectivity index is 2.31. The van der Waals surface area contributed by atoms with Gasteiger partial charge in [0.1, 0.15) is 0 Å². The molecular weight excluding hydrogens is 190 g/mol. The maximum Gasteiger partial charge on any atom is 0.0319 e. The van der Waals surface area contributed by atoms with E-state index in [0.29, 0.717) is 5.92 Å². The summed E-state index contributed by atoms with van der Waals surface area (Å²) in [6.07, 6.45) is 10.2. The monoisotopic (exact) mass is 203 g/mol. The Bertz CT molecular complexity index is 410. The lowest BCUT2D eigenvalue weighted by molar-refractivity contribution is 1.10. The molecule has 0 aliphatic heterocycles. The highest BCUT2D eigenvalue weighted by atomic mass is 32.1. The summed E-state index contributed by atoms with van der Waals surface area (Å²) in [5.41, 5.74) is 6.65. The molecule has 1 aliphatic carbocycles. The third kappa shape index (κ3) is 1.96. The van der Waals surface area contributed by atoms with Gasteiger partial charge in [-0.1, -0.05) is 18.2 Å². The van der Waals surface area contributed by atoms with E-state index in [9.17, 15) is 0 Å². The molecule has 2 N–H and O–H groups in total. The molecule has 0 aromatic carbocycles. The fourth-order valence-corrected chi connectivity index (χ4v) is 2.41. The number of hydrogen-bond acceptors (Lipinski definition) is 2. The summed E-state index contributed by atoms with van der Waals surface area (Å²) >= 11 is 1.83. The van der Waals surface area contributed by atoms with E-state index < -0.39 is 0 Å². The van der Waals surface area contributed by atoms with Gasteiger partial charge in [-0.2, -0.15) is 0 Å². The first-order valence-electron chi connectivity index (χ1n) is 4.64. The van der Waals surface area contributed by atoms with Crippen molar-refractivity contribution in [2.45, 2.75) is 12.8 Å². The topological polar surface area (TPSA) is 26.0 Å². The molecule has 1 nitrogen and oxygen atoms in total. The van der Waals surface area contributed by atoms with Gasteiger partial charge in [0.2, 0.25) is 0 Å². The Kier molecular flexibility index (Phi) is 2.55. The minimum Gasteiger partial charge on any atom is -0.399 e. The van der Waals surface area contributed by atoms with Gasteiger partial charge in [-0.15, -0.1) is 11.3 Å². The first kappa shape index (κ1) is 9.28. The first-order valence-corrected chi connectivity index (χ1v) is 5.46. The average Bonchev–Trinajstić information content (AvgIpc) is 2.45. The lowest BCUT2D eigenvalue weighted by Gasteiger charge is -2.04. The molecule has 1 aromatic rings. The van der Waals surface area contributed by atoms with Gasteiger partial charge in [-0.3, -0.25) is 0 Å². The van der Waals surface area contributed by atoms with Crippen LogP contribution in [0.25, 0.3) is 0 Å². The van der Waals surface area contributed by atoms with Gasteiger partial charge in [-0.05, 0) is 31.2 Å². The minimum atomic E-state index is 0.337. The maximum atomic E-state index is 5.81. The van der Waals surface area contributed by atoms with Gasteiger partial charge in [0.15, 0.2) is 0 Å². The van der Waals surface area contributed by atoms with Crippen molar-refractivity contribution in [2.75, 3.05) is 0 Å². The van der Waals surface area contributed by atoms with Crippen molar-refractivity contribution in [3.8, 4) is 0 Å². The van der Waals surface area contributed by atoms with Gasteiger partial charge in [0.05, 0.1) is 0 Å². The molecule has 0 radical (unpaired) electrons. The molecule has 14 heavy (non-hydrogen) atoms. The van der Waals surface area contributed by atoms with Crippen LogP contribution in [-0.2, 0) is 0 Å². The Morgan fingerprint density at radius 1 is 1.29 bits per heavy atom. The number of hydrogen-bond donors (Lipinski definition) is 1. The molecule has 0 amide bonds. The summed E-state index contributed by atoms with van der Waals surface area (Å²) in [7, 11) is 0. The van der Waals surface area contributed by atoms with Gasteiger partial charge >= 0.3 is 0 Å². The Morgan fingerprint density at radius 3 is 2.86 bits per heavy atom. The number of aryl methyl sites for hydroxylation is 1. The quantitative estimate of drug-likeness (QED) is 0.745. The fraction of sp³-hybridized carbons (Fsp3) is 0.167. The number of nitrogens with two attached hydrogens (primary N) is 1. The fourth-order valence-electron chi connectivity index (χ4n) is 1.48. The predicted molar refractivity (Wildman–Crippen MR) is 62.3 cm³/mol. The number of thiophene rings is 1. The predicted octanol–water partition coefficient (Wildman–Crippen LogP) is 3.11. The molecule has 0 fully saturated rings. The van der Waals surface area contributed by atoms with Crippen LogP contribution in [0.3, 0.4) is 0 Å². The maximum absolute atomic E-state index is 5.81. The molecular formula is C12H13NS. The molecule has 1 aromatic heterocycles. The van der Waals surface area contributed by atoms with Gasteiger partial charge in [0.25, 0.3) is 0 Å². The van der Waals surface area contributed by atoms with Crippen molar-refractivity contribution in [1.29, 1.82) is 0 Å². The average molecular weight is 203 g/mol. The molecule has 0 bridgehead atoms. The van der Waals surface area contributed by atoms with Crippen LogP contribution in [0.2, 0.25) is 0 Å². The van der Waals surface area contributed by atoms with E-state index in [4.69, 9.17) is 5.73 Å². The van der Waals surface area contributed by atoms with E-state index in [0.717, 1.165) is 5.70 Å². The molecule has 2 heteroatoms. The van der Waals surface area contributed by atoms with Crippen molar-refractivity contribution in [3.05, 3.63) is 58.0 Å². The van der Waals surface area contributed by atoms with Crippen LogP contribution in [0.5, 0.6) is 0 Å². The molecule has 0 saturated carbocycles. The summed E-state index contributed by atoms with van der Waals surface area (Å²) in [6, 6.07) is 4.32. The van der Waals surface area contributed by atoms with E-state index in [1.54, 1.807) is 0 Å². The molecule has 1 aliphatic rings. The SMILES string of the molecule is Cc1ccc(C2C=CC=CC(N)=C2)s1. The summed E-state index contributed by atoms with van der Waals surface area (Å²) < 4.78 is 0. The number of allylic oxidation sites excluding steroid dienone is 5. The van der Waals surface area contributed by atoms with Crippen molar-refractivity contribution in [1.82, 2.24) is 0 Å². The summed E-state index contributed by atoms with van der Waals surface area (Å²) in [4.78, 5) is 2.70. The van der Waals surface area contributed by atoms with Gasteiger partial charge in [-0.25, -0.2) is 0 Å². The van der Waals surface area contributed by atoms with E-state index >= 15 is 0 Å². The lowest BCUT2D eigenvalue weighted by Crippen LogP contribution is -1.95. The van der Waals surface area contributed by atoms with E-state index in [-0.39, 0.29) is 0 Å². The zero-order chi connectivity index (χ0) is 9.97. The van der Waals surface area contributed by atoms with Crippen LogP contribution in [-0.4, -0.2) is 0 Å². The number of rotatable bonds is 1. The van der Waals surface area contributed by atoms with Gasteiger partial charge in [0, 0.05) is 21.4 Å². The second-order valence-corrected chi connectivity index (χ2v) is 4.70. The molecule has 72 valence electrons. The van der Waals surface area contributed by atoms with E-state index in [1.165, 1.54) is 9.75 Å². The van der Waals surface area contributed by atoms with Crippen LogP contribution in [0.1, 0.15) is 15.7 Å². The highest BCUT2D eigenvalue weighted by Crippen LogP contribution is 2.28. The van der Waals surface area contributed by atoms with Crippen LogP contribution >= 0.6 is 11.3 Å². The highest BCUT2D eigenvalue weighted by Gasteiger charge is 2.08. The Morgan fingerprint density at radius 2 is 2.14 bits per heavy atom. The molecule has 1 heterocycles. The smallest absolute Gasteiger partial charge is 0.0319 e. The van der Waals surface area contributed by atoms with Crippen molar-refractivity contribution in [3.63, 3.8) is 0 Å². The zero-order valence-electron chi connectivity index (χ0n) is 8.10. The normalized spacial score (nSPS) is 20.6. The molecule has 1 unspecified atom stereocenters. The van der Waals surface area contributed by atoms with E-state index in [2.05, 4.69) is 37.3 Å². The third-order valence-corrected chi connectivity index (χ3v) is 3.28. The Hall–Kier alpha value is -1.28. The summed E-state index contributed by atoms with van der Waals surface area (Å²) in [6.45, 7) is 2.12. The molecule has 0 saturated heterocycles. The highest BCUT2D eigenvalue weighted by molar-refractivity contribution is 7.12. The molecule has 1 atom stereocenters. The van der Waals surface area contributed by atoms with Crippen molar-refractivity contribution >= 4 is 11.3 Å². The summed E-state index contributed by atoms with van der Waals surface area (Å²) in [5.74, 6) is 0.337. The van der Waals surface area contributed by atoms with Crippen LogP contribution < -0.4 is 5.73 Å². The lowest BCUT2D eigenvalue weighted by atomic mass is 10.1. The summed E-state index contributed by atoms with van der Waals surface area (Å²) in [5, 5.41) is 0. The second kappa shape index (κ2) is 3.84. The van der Waals surface area contributed by atoms with Crippen molar-refractivity contribution in [2.24, 2.45) is 5.73 Å². The minimum absolute atomic E-state index is 0.337. The standard InChI is InChI=1S/C12H13NS/c1-9-6-7-12(14-9)10-4-2-3-5-11(13)8-10/h2-8,10H,13H2,1H3. The molecule has 2 rings (SSSR count). The largest absolute Gasteiger partial charge is 0.399 e. The Labute approximate surface area is 88.3 Å². The first-order chi connectivity index (χ1) is 6.75. The van der Waals surface area contributed by atoms with Gasteiger partial charge < -0.3 is 5.73 Å². The third-order valence-electron chi connectivity index (χ3n) is 2.18. The second-order valence-electron chi connectivity index (χ2n) is 3.38. The van der Waals surface area contributed by atoms with Crippen LogP contribution in [0.15, 0.2) is 48.2 Å². The molecule has 0 spiro atoms. The van der Waals surface area contributed by atoms with Crippen LogP contribution in [0, 0.1) is 6.92 Å². The van der Waals surface area contributed by atoms with E-state index in [1.807, 2.05) is 23.5 Å².